The van der Waals surface area contributed by atoms with Gasteiger partial charge >= 0.3 is 0 Å². The van der Waals surface area contributed by atoms with Crippen LogP contribution in [0.2, 0.25) is 5.02 Å². The third-order valence-corrected chi connectivity index (χ3v) is 3.16. The SMILES string of the molecule is O=C(c1cc2c(cc1Cl)OCCO2)C1CC1. The minimum Gasteiger partial charge on any atom is -0.486 e. The van der Waals surface area contributed by atoms with Crippen molar-refractivity contribution in [1.29, 1.82) is 0 Å². The van der Waals surface area contributed by atoms with Crippen molar-refractivity contribution in [2.24, 2.45) is 5.92 Å². The van der Waals surface area contributed by atoms with Crippen molar-refractivity contribution in [3.8, 4) is 11.5 Å². The van der Waals surface area contributed by atoms with Gasteiger partial charge in [-0.1, -0.05) is 11.6 Å². The van der Waals surface area contributed by atoms with Gasteiger partial charge in [0.2, 0.25) is 0 Å². The molecule has 2 aliphatic rings. The summed E-state index contributed by atoms with van der Waals surface area (Å²) in [5, 5.41) is 0.459. The van der Waals surface area contributed by atoms with Gasteiger partial charge in [0.1, 0.15) is 13.2 Å². The van der Waals surface area contributed by atoms with E-state index in [0.717, 1.165) is 12.8 Å². The van der Waals surface area contributed by atoms with Crippen molar-refractivity contribution in [2.75, 3.05) is 13.2 Å². The van der Waals surface area contributed by atoms with E-state index < -0.39 is 0 Å². The molecule has 1 heterocycles. The largest absolute Gasteiger partial charge is 0.486 e. The van der Waals surface area contributed by atoms with E-state index >= 15 is 0 Å². The molecule has 1 aliphatic carbocycles. The van der Waals surface area contributed by atoms with E-state index in [1.807, 2.05) is 0 Å². The van der Waals surface area contributed by atoms with Gasteiger partial charge in [-0.05, 0) is 18.9 Å². The smallest absolute Gasteiger partial charge is 0.167 e. The van der Waals surface area contributed by atoms with Crippen LogP contribution in [0.3, 0.4) is 0 Å². The summed E-state index contributed by atoms with van der Waals surface area (Å²) < 4.78 is 10.8. The summed E-state index contributed by atoms with van der Waals surface area (Å²) in [4.78, 5) is 11.9. The molecule has 16 heavy (non-hydrogen) atoms. The van der Waals surface area contributed by atoms with Gasteiger partial charge in [-0.25, -0.2) is 0 Å². The van der Waals surface area contributed by atoms with Gasteiger partial charge in [0.15, 0.2) is 17.3 Å². The van der Waals surface area contributed by atoms with E-state index in [1.165, 1.54) is 0 Å². The zero-order valence-corrected chi connectivity index (χ0v) is 9.42. The van der Waals surface area contributed by atoms with Gasteiger partial charge in [-0.3, -0.25) is 4.79 Å². The van der Waals surface area contributed by atoms with E-state index in [-0.39, 0.29) is 11.7 Å². The van der Waals surface area contributed by atoms with E-state index in [0.29, 0.717) is 35.3 Å². The fraction of sp³-hybridized carbons (Fsp3) is 0.417. The highest BCUT2D eigenvalue weighted by atomic mass is 35.5. The van der Waals surface area contributed by atoms with Crippen LogP contribution < -0.4 is 9.47 Å². The molecule has 84 valence electrons. The Morgan fingerprint density at radius 2 is 1.81 bits per heavy atom. The minimum absolute atomic E-state index is 0.127. The normalized spacial score (nSPS) is 18.3. The van der Waals surface area contributed by atoms with Crippen molar-refractivity contribution in [1.82, 2.24) is 0 Å². The second kappa shape index (κ2) is 3.67. The number of carbonyl (C=O) groups excluding carboxylic acids is 1. The van der Waals surface area contributed by atoms with Crippen LogP contribution in [-0.4, -0.2) is 19.0 Å². The molecule has 1 aromatic carbocycles. The van der Waals surface area contributed by atoms with E-state index in [9.17, 15) is 4.79 Å². The lowest BCUT2D eigenvalue weighted by molar-refractivity contribution is 0.0966. The Bertz CT molecular complexity index is 452. The molecule has 1 aromatic rings. The molecule has 3 nitrogen and oxygen atoms in total. The summed E-state index contributed by atoms with van der Waals surface area (Å²) in [6.45, 7) is 1.05. The van der Waals surface area contributed by atoms with Crippen molar-refractivity contribution in [3.05, 3.63) is 22.7 Å². The molecule has 0 unspecified atom stereocenters. The fourth-order valence-electron chi connectivity index (χ4n) is 1.82. The number of halogens is 1. The molecule has 1 aliphatic heterocycles. The molecule has 0 aromatic heterocycles. The molecule has 0 amide bonds. The first-order valence-electron chi connectivity index (χ1n) is 5.39. The molecule has 3 rings (SSSR count). The zero-order chi connectivity index (χ0) is 11.1. The number of hydrogen-bond acceptors (Lipinski definition) is 3. The molecule has 0 saturated heterocycles. The average molecular weight is 239 g/mol. The highest BCUT2D eigenvalue weighted by Crippen LogP contribution is 2.39. The van der Waals surface area contributed by atoms with Gasteiger partial charge in [-0.2, -0.15) is 0 Å². The molecule has 0 N–H and O–H groups in total. The summed E-state index contributed by atoms with van der Waals surface area (Å²) in [5.74, 6) is 1.55. The Hall–Kier alpha value is -1.22. The number of ketones is 1. The highest BCUT2D eigenvalue weighted by molar-refractivity contribution is 6.34. The lowest BCUT2D eigenvalue weighted by Crippen LogP contribution is -2.16. The number of benzene rings is 1. The van der Waals surface area contributed by atoms with Gasteiger partial charge in [0.25, 0.3) is 0 Å². The Labute approximate surface area is 98.3 Å². The van der Waals surface area contributed by atoms with Crippen LogP contribution in [0, 0.1) is 5.92 Å². The first-order chi connectivity index (χ1) is 7.75. The molecule has 0 bridgehead atoms. The van der Waals surface area contributed by atoms with Crippen LogP contribution in [0.25, 0.3) is 0 Å². The number of Topliss-reactive ketones (excluding diaryl/α,β-unsaturated/α-hetero) is 1. The van der Waals surface area contributed by atoms with Gasteiger partial charge in [-0.15, -0.1) is 0 Å². The molecule has 0 atom stereocenters. The minimum atomic E-state index is 0.127. The Kier molecular flexibility index (Phi) is 2.28. The lowest BCUT2D eigenvalue weighted by Gasteiger charge is -2.19. The van der Waals surface area contributed by atoms with Crippen molar-refractivity contribution >= 4 is 17.4 Å². The van der Waals surface area contributed by atoms with Crippen molar-refractivity contribution in [2.45, 2.75) is 12.8 Å². The van der Waals surface area contributed by atoms with Crippen LogP contribution in [0.15, 0.2) is 12.1 Å². The number of ether oxygens (including phenoxy) is 2. The topological polar surface area (TPSA) is 35.5 Å². The van der Waals surface area contributed by atoms with Crippen LogP contribution in [0.4, 0.5) is 0 Å². The Morgan fingerprint density at radius 3 is 2.44 bits per heavy atom. The Morgan fingerprint density at radius 1 is 1.19 bits per heavy atom. The predicted octanol–water partition coefficient (Wildman–Crippen LogP) is 2.70. The number of carbonyl (C=O) groups is 1. The van der Waals surface area contributed by atoms with Crippen LogP contribution in [-0.2, 0) is 0 Å². The number of fused-ring (bicyclic) bond motifs is 1. The van der Waals surface area contributed by atoms with Crippen LogP contribution in [0.1, 0.15) is 23.2 Å². The predicted molar refractivity (Wildman–Crippen MR) is 59.5 cm³/mol. The summed E-state index contributed by atoms with van der Waals surface area (Å²) in [5.41, 5.74) is 0.563. The van der Waals surface area contributed by atoms with Gasteiger partial charge < -0.3 is 9.47 Å². The summed E-state index contributed by atoms with van der Waals surface area (Å²) in [6, 6.07) is 3.38. The number of rotatable bonds is 2. The molecule has 0 spiro atoms. The molecule has 4 heteroatoms. The van der Waals surface area contributed by atoms with E-state index in [4.69, 9.17) is 21.1 Å². The Balaban J connectivity index is 2.01. The van der Waals surface area contributed by atoms with Crippen LogP contribution >= 0.6 is 11.6 Å². The maximum Gasteiger partial charge on any atom is 0.167 e. The van der Waals surface area contributed by atoms with E-state index in [1.54, 1.807) is 12.1 Å². The molecular weight excluding hydrogens is 228 g/mol. The molecular formula is C12H11ClO3. The van der Waals surface area contributed by atoms with Crippen LogP contribution in [0.5, 0.6) is 11.5 Å². The van der Waals surface area contributed by atoms with Crippen molar-refractivity contribution in [3.63, 3.8) is 0 Å². The summed E-state index contributed by atoms with van der Waals surface area (Å²) >= 11 is 6.07. The first-order valence-corrected chi connectivity index (χ1v) is 5.77. The van der Waals surface area contributed by atoms with Gasteiger partial charge in [0, 0.05) is 17.5 Å². The average Bonchev–Trinajstić information content (AvgIpc) is 3.11. The lowest BCUT2D eigenvalue weighted by atomic mass is 10.1. The summed E-state index contributed by atoms with van der Waals surface area (Å²) in [7, 11) is 0. The number of hydrogen-bond donors (Lipinski definition) is 0. The first kappa shape index (κ1) is 9.97. The van der Waals surface area contributed by atoms with Crippen molar-refractivity contribution < 1.29 is 14.3 Å². The second-order valence-corrected chi connectivity index (χ2v) is 4.52. The maximum atomic E-state index is 11.9. The quantitative estimate of drug-likeness (QED) is 0.744. The third-order valence-electron chi connectivity index (χ3n) is 2.85. The van der Waals surface area contributed by atoms with Gasteiger partial charge in [0.05, 0.1) is 5.02 Å². The molecule has 1 saturated carbocycles. The highest BCUT2D eigenvalue weighted by Gasteiger charge is 2.32. The second-order valence-electron chi connectivity index (χ2n) is 4.11. The monoisotopic (exact) mass is 238 g/mol. The molecule has 1 fully saturated rings. The molecule has 0 radical (unpaired) electrons. The zero-order valence-electron chi connectivity index (χ0n) is 8.66. The maximum absolute atomic E-state index is 11.9. The fourth-order valence-corrected chi connectivity index (χ4v) is 2.07. The third kappa shape index (κ3) is 1.65. The summed E-state index contributed by atoms with van der Waals surface area (Å²) in [6.07, 6.45) is 1.95. The van der Waals surface area contributed by atoms with E-state index in [2.05, 4.69) is 0 Å². The standard InChI is InChI=1S/C12H11ClO3/c13-9-6-11-10(15-3-4-16-11)5-8(9)12(14)7-1-2-7/h5-7H,1-4H2.